The zero-order valence-electron chi connectivity index (χ0n) is 11.8. The Bertz CT molecular complexity index is 863. The summed E-state index contributed by atoms with van der Waals surface area (Å²) in [5.74, 6) is -4.61. The van der Waals surface area contributed by atoms with Crippen molar-refractivity contribution in [3.8, 4) is 11.3 Å². The Balaban J connectivity index is 2.17. The smallest absolute Gasteiger partial charge is 0.183 e. The van der Waals surface area contributed by atoms with Crippen LogP contribution in [0, 0.1) is 30.2 Å². The van der Waals surface area contributed by atoms with Crippen LogP contribution in [0.15, 0.2) is 41.1 Å². The first-order valence-electron chi connectivity index (χ1n) is 6.59. The van der Waals surface area contributed by atoms with Crippen LogP contribution in [-0.2, 0) is 0 Å². The van der Waals surface area contributed by atoms with E-state index in [-0.39, 0.29) is 17.0 Å². The van der Waals surface area contributed by atoms with Crippen LogP contribution in [0.3, 0.4) is 0 Å². The minimum Gasteiger partial charge on any atom is -0.356 e. The van der Waals surface area contributed by atoms with Gasteiger partial charge in [0, 0.05) is 12.1 Å². The summed E-state index contributed by atoms with van der Waals surface area (Å²) in [5, 5.41) is 5.80. The maximum Gasteiger partial charge on any atom is 0.183 e. The van der Waals surface area contributed by atoms with Gasteiger partial charge in [-0.15, -0.1) is 0 Å². The van der Waals surface area contributed by atoms with E-state index in [4.69, 9.17) is 4.52 Å². The highest BCUT2D eigenvalue weighted by atomic mass is 19.2. The Morgan fingerprint density at radius 3 is 2.39 bits per heavy atom. The van der Waals surface area contributed by atoms with Gasteiger partial charge in [0.05, 0.1) is 23.1 Å². The Kier molecular flexibility index (Phi) is 3.77. The molecule has 0 spiro atoms. The number of nitrogens with zero attached hydrogens (tertiary/aromatic N) is 1. The molecule has 0 aliphatic heterocycles. The minimum atomic E-state index is -1.40. The molecule has 0 bridgehead atoms. The van der Waals surface area contributed by atoms with Crippen LogP contribution in [0.25, 0.3) is 11.3 Å². The van der Waals surface area contributed by atoms with Crippen molar-refractivity contribution < 1.29 is 22.1 Å². The average Bonchev–Trinajstić information content (AvgIpc) is 3.01. The lowest BCUT2D eigenvalue weighted by molar-refractivity contribution is 0.428. The third kappa shape index (κ3) is 2.77. The molecule has 0 saturated heterocycles. The Hall–Kier alpha value is -2.83. The fraction of sp³-hybridized carbons (Fsp3) is 0.0625. The van der Waals surface area contributed by atoms with Crippen molar-refractivity contribution in [1.82, 2.24) is 5.16 Å². The number of aromatic nitrogens is 1. The van der Waals surface area contributed by atoms with Gasteiger partial charge in [-0.3, -0.25) is 0 Å². The molecule has 7 heteroatoms. The van der Waals surface area contributed by atoms with Crippen LogP contribution >= 0.6 is 0 Å². The van der Waals surface area contributed by atoms with Crippen LogP contribution in [0.2, 0.25) is 0 Å². The predicted molar refractivity (Wildman–Crippen MR) is 76.2 cm³/mol. The molecule has 23 heavy (non-hydrogen) atoms. The Labute approximate surface area is 128 Å². The second kappa shape index (κ2) is 5.75. The summed E-state index contributed by atoms with van der Waals surface area (Å²) >= 11 is 0. The Morgan fingerprint density at radius 1 is 0.957 bits per heavy atom. The van der Waals surface area contributed by atoms with Gasteiger partial charge in [-0.2, -0.15) is 0 Å². The lowest BCUT2D eigenvalue weighted by atomic mass is 10.1. The maximum atomic E-state index is 14.1. The second-order valence-corrected chi connectivity index (χ2v) is 4.89. The topological polar surface area (TPSA) is 38.1 Å². The monoisotopic (exact) mass is 322 g/mol. The number of benzene rings is 2. The van der Waals surface area contributed by atoms with E-state index < -0.39 is 29.0 Å². The maximum absolute atomic E-state index is 14.1. The predicted octanol–water partition coefficient (Wildman–Crippen LogP) is 4.95. The van der Waals surface area contributed by atoms with Crippen LogP contribution in [0.1, 0.15) is 5.56 Å². The summed E-state index contributed by atoms with van der Waals surface area (Å²) in [6, 6.07) is 5.81. The Morgan fingerprint density at radius 2 is 1.74 bits per heavy atom. The van der Waals surface area contributed by atoms with Gasteiger partial charge in [0.2, 0.25) is 0 Å². The van der Waals surface area contributed by atoms with E-state index in [1.165, 1.54) is 24.4 Å². The molecule has 1 heterocycles. The molecule has 0 radical (unpaired) electrons. The van der Waals surface area contributed by atoms with E-state index in [0.29, 0.717) is 11.6 Å². The van der Waals surface area contributed by atoms with E-state index in [0.717, 1.165) is 0 Å². The van der Waals surface area contributed by atoms with Gasteiger partial charge in [-0.1, -0.05) is 11.2 Å². The van der Waals surface area contributed by atoms with Crippen molar-refractivity contribution in [2.24, 2.45) is 0 Å². The van der Waals surface area contributed by atoms with E-state index in [1.807, 2.05) is 0 Å². The van der Waals surface area contributed by atoms with E-state index in [1.54, 1.807) is 13.0 Å². The molecule has 0 aliphatic rings. The summed E-state index contributed by atoms with van der Waals surface area (Å²) < 4.78 is 60.5. The zero-order chi connectivity index (χ0) is 16.6. The highest BCUT2D eigenvalue weighted by molar-refractivity contribution is 5.79. The van der Waals surface area contributed by atoms with Crippen molar-refractivity contribution in [2.75, 3.05) is 5.32 Å². The molecule has 118 valence electrons. The lowest BCUT2D eigenvalue weighted by Crippen LogP contribution is -2.03. The van der Waals surface area contributed by atoms with Crippen molar-refractivity contribution >= 4 is 11.4 Å². The first-order chi connectivity index (χ1) is 11.0. The molecule has 0 fully saturated rings. The molecule has 3 rings (SSSR count). The highest BCUT2D eigenvalue weighted by Gasteiger charge is 2.23. The minimum absolute atomic E-state index is 0.114. The van der Waals surface area contributed by atoms with Gasteiger partial charge < -0.3 is 9.84 Å². The van der Waals surface area contributed by atoms with Gasteiger partial charge in [0.1, 0.15) is 11.6 Å². The molecule has 1 N–H and O–H groups in total. The van der Waals surface area contributed by atoms with Gasteiger partial charge >= 0.3 is 0 Å². The number of nitrogens with one attached hydrogen (secondary N) is 1. The number of hydrogen-bond donors (Lipinski definition) is 1. The molecular weight excluding hydrogens is 312 g/mol. The van der Waals surface area contributed by atoms with Gasteiger partial charge in [-0.05, 0) is 24.6 Å². The highest BCUT2D eigenvalue weighted by Crippen LogP contribution is 2.36. The molecular formula is C16H10F4N2O. The SMILES string of the molecule is Cc1ccc(Nc2c(F)c(F)cc(F)c2-c2ccno2)c(F)c1. The zero-order valence-corrected chi connectivity index (χ0v) is 11.8. The van der Waals surface area contributed by atoms with Crippen LogP contribution in [0.4, 0.5) is 28.9 Å². The van der Waals surface area contributed by atoms with Gasteiger partial charge in [0.25, 0.3) is 0 Å². The normalized spacial score (nSPS) is 10.8. The molecule has 1 aromatic heterocycles. The number of halogens is 4. The number of anilines is 2. The summed E-state index contributed by atoms with van der Waals surface area (Å²) in [6.45, 7) is 1.68. The first-order valence-corrected chi connectivity index (χ1v) is 6.59. The van der Waals surface area contributed by atoms with E-state index in [2.05, 4.69) is 10.5 Å². The summed E-state index contributed by atoms with van der Waals surface area (Å²) in [5.41, 5.74) is -0.418. The second-order valence-electron chi connectivity index (χ2n) is 4.89. The molecule has 3 nitrogen and oxygen atoms in total. The van der Waals surface area contributed by atoms with E-state index >= 15 is 0 Å². The third-order valence-electron chi connectivity index (χ3n) is 3.24. The molecule has 0 aliphatic carbocycles. The molecule has 0 saturated carbocycles. The van der Waals surface area contributed by atoms with Gasteiger partial charge in [0.15, 0.2) is 17.4 Å². The largest absolute Gasteiger partial charge is 0.356 e. The number of rotatable bonds is 3. The van der Waals surface area contributed by atoms with Crippen molar-refractivity contribution in [3.05, 3.63) is 65.4 Å². The fourth-order valence-electron chi connectivity index (χ4n) is 2.15. The van der Waals surface area contributed by atoms with Crippen molar-refractivity contribution in [2.45, 2.75) is 6.92 Å². The lowest BCUT2D eigenvalue weighted by Gasteiger charge is -2.14. The van der Waals surface area contributed by atoms with Crippen molar-refractivity contribution in [3.63, 3.8) is 0 Å². The fourth-order valence-corrected chi connectivity index (χ4v) is 2.15. The van der Waals surface area contributed by atoms with Crippen LogP contribution in [-0.4, -0.2) is 5.16 Å². The van der Waals surface area contributed by atoms with Crippen molar-refractivity contribution in [1.29, 1.82) is 0 Å². The molecule has 0 atom stereocenters. The number of hydrogen-bond acceptors (Lipinski definition) is 3. The van der Waals surface area contributed by atoms with Gasteiger partial charge in [-0.25, -0.2) is 17.6 Å². The number of aryl methyl sites for hydroxylation is 1. The molecule has 0 amide bonds. The quantitative estimate of drug-likeness (QED) is 0.548. The summed E-state index contributed by atoms with van der Waals surface area (Å²) in [6.07, 6.45) is 1.23. The first kappa shape index (κ1) is 15.1. The van der Waals surface area contributed by atoms with Crippen LogP contribution < -0.4 is 5.32 Å². The molecule has 0 unspecified atom stereocenters. The third-order valence-corrected chi connectivity index (χ3v) is 3.24. The standard InChI is InChI=1S/C16H10F4N2O/c1-8-2-3-12(9(17)6-8)22-16-14(13-4-5-21-23-13)10(18)7-11(19)15(16)20/h2-7,22H,1H3. The van der Waals surface area contributed by atoms with E-state index in [9.17, 15) is 17.6 Å². The summed E-state index contributed by atoms with van der Waals surface area (Å²) in [7, 11) is 0. The summed E-state index contributed by atoms with van der Waals surface area (Å²) in [4.78, 5) is 0. The molecule has 3 aromatic rings. The van der Waals surface area contributed by atoms with Crippen LogP contribution in [0.5, 0.6) is 0 Å². The average molecular weight is 322 g/mol. The molecule has 2 aromatic carbocycles.